The third kappa shape index (κ3) is 3.85. The van der Waals surface area contributed by atoms with Crippen molar-refractivity contribution >= 4 is 28.7 Å². The molecule has 1 aromatic carbocycles. The first kappa shape index (κ1) is 16.3. The van der Waals surface area contributed by atoms with Crippen molar-refractivity contribution in [1.29, 1.82) is 0 Å². The standard InChI is InChI=1S/C16H22N4O2S/c17-8-5-16(22)6-9-20(10-7-16)14(21)11-23-15-18-12-3-1-2-4-13(12)19-15/h1-4,22H,5-11,17H2,(H,18,19). The molecule has 1 aromatic heterocycles. The van der Waals surface area contributed by atoms with Gasteiger partial charge in [0.05, 0.1) is 22.4 Å². The second-order valence-electron chi connectivity index (χ2n) is 5.99. The molecule has 0 aliphatic carbocycles. The number of aromatic amines is 1. The summed E-state index contributed by atoms with van der Waals surface area (Å²) in [5, 5.41) is 11.1. The predicted octanol–water partition coefficient (Wildman–Crippen LogP) is 1.36. The maximum absolute atomic E-state index is 12.3. The van der Waals surface area contributed by atoms with Gasteiger partial charge in [0.1, 0.15) is 0 Å². The van der Waals surface area contributed by atoms with Gasteiger partial charge in [0.25, 0.3) is 0 Å². The Kier molecular flexibility index (Phi) is 4.89. The van der Waals surface area contributed by atoms with Crippen molar-refractivity contribution in [1.82, 2.24) is 14.9 Å². The quantitative estimate of drug-likeness (QED) is 0.718. The lowest BCUT2D eigenvalue weighted by molar-refractivity contribution is -0.132. The monoisotopic (exact) mass is 334 g/mol. The van der Waals surface area contributed by atoms with Crippen LogP contribution in [0.15, 0.2) is 29.4 Å². The highest BCUT2D eigenvalue weighted by molar-refractivity contribution is 7.99. The Morgan fingerprint density at radius 3 is 2.83 bits per heavy atom. The van der Waals surface area contributed by atoms with Gasteiger partial charge >= 0.3 is 0 Å². The SMILES string of the molecule is NCCC1(O)CCN(C(=O)CSc2nc3ccccc3[nH]2)CC1. The maximum Gasteiger partial charge on any atom is 0.233 e. The summed E-state index contributed by atoms with van der Waals surface area (Å²) >= 11 is 1.42. The van der Waals surface area contributed by atoms with E-state index in [4.69, 9.17) is 5.73 Å². The zero-order chi connectivity index (χ0) is 16.3. The molecule has 1 aliphatic heterocycles. The Morgan fingerprint density at radius 2 is 2.13 bits per heavy atom. The number of nitrogens with two attached hydrogens (primary N) is 1. The number of rotatable bonds is 5. The summed E-state index contributed by atoms with van der Waals surface area (Å²) in [5.74, 6) is 0.444. The Balaban J connectivity index is 1.52. The van der Waals surface area contributed by atoms with E-state index in [1.54, 1.807) is 0 Å². The van der Waals surface area contributed by atoms with E-state index >= 15 is 0 Å². The number of imidazole rings is 1. The average Bonchev–Trinajstić information content (AvgIpc) is 2.96. The summed E-state index contributed by atoms with van der Waals surface area (Å²) in [6, 6.07) is 7.81. The largest absolute Gasteiger partial charge is 0.390 e. The number of nitrogens with one attached hydrogen (secondary N) is 1. The number of aromatic nitrogens is 2. The normalized spacial score (nSPS) is 17.6. The lowest BCUT2D eigenvalue weighted by Gasteiger charge is -2.38. The zero-order valence-corrected chi connectivity index (χ0v) is 13.8. The van der Waals surface area contributed by atoms with Crippen molar-refractivity contribution in [2.45, 2.75) is 30.0 Å². The summed E-state index contributed by atoms with van der Waals surface area (Å²) in [7, 11) is 0. The third-order valence-electron chi connectivity index (χ3n) is 4.36. The number of H-pyrrole nitrogens is 1. The van der Waals surface area contributed by atoms with Gasteiger partial charge in [-0.1, -0.05) is 23.9 Å². The van der Waals surface area contributed by atoms with Gasteiger partial charge in [-0.15, -0.1) is 0 Å². The highest BCUT2D eigenvalue weighted by atomic mass is 32.2. The van der Waals surface area contributed by atoms with Crippen LogP contribution in [-0.4, -0.2) is 56.9 Å². The van der Waals surface area contributed by atoms with E-state index in [0.717, 1.165) is 16.2 Å². The number of aliphatic hydroxyl groups is 1. The third-order valence-corrected chi connectivity index (χ3v) is 5.21. The summed E-state index contributed by atoms with van der Waals surface area (Å²) in [6.07, 6.45) is 1.80. The van der Waals surface area contributed by atoms with Gasteiger partial charge in [0.15, 0.2) is 5.16 Å². The molecule has 1 saturated heterocycles. The van der Waals surface area contributed by atoms with E-state index in [-0.39, 0.29) is 5.91 Å². The molecule has 3 rings (SSSR count). The molecule has 2 heterocycles. The zero-order valence-electron chi connectivity index (χ0n) is 13.0. The molecular formula is C16H22N4O2S. The highest BCUT2D eigenvalue weighted by Crippen LogP contribution is 2.26. The molecule has 1 amide bonds. The van der Waals surface area contributed by atoms with Gasteiger partial charge in [-0.25, -0.2) is 4.98 Å². The molecular weight excluding hydrogens is 312 g/mol. The Bertz CT molecular complexity index is 647. The van der Waals surface area contributed by atoms with Gasteiger partial charge in [-0.3, -0.25) is 4.79 Å². The van der Waals surface area contributed by atoms with Crippen LogP contribution in [-0.2, 0) is 4.79 Å². The smallest absolute Gasteiger partial charge is 0.233 e. The van der Waals surface area contributed by atoms with Crippen LogP contribution in [0.25, 0.3) is 11.0 Å². The van der Waals surface area contributed by atoms with Crippen LogP contribution >= 0.6 is 11.8 Å². The van der Waals surface area contributed by atoms with Gasteiger partial charge < -0.3 is 20.7 Å². The summed E-state index contributed by atoms with van der Waals surface area (Å²) < 4.78 is 0. The predicted molar refractivity (Wildman–Crippen MR) is 91.3 cm³/mol. The molecule has 0 saturated carbocycles. The minimum absolute atomic E-state index is 0.0882. The fourth-order valence-electron chi connectivity index (χ4n) is 2.91. The van der Waals surface area contributed by atoms with E-state index in [1.807, 2.05) is 29.2 Å². The molecule has 2 aromatic rings. The number of hydrogen-bond acceptors (Lipinski definition) is 5. The molecule has 0 radical (unpaired) electrons. The van der Waals surface area contributed by atoms with Crippen LogP contribution in [0.3, 0.4) is 0 Å². The minimum Gasteiger partial charge on any atom is -0.390 e. The molecule has 0 unspecified atom stereocenters. The molecule has 7 heteroatoms. The van der Waals surface area contributed by atoms with Crippen molar-refractivity contribution in [2.75, 3.05) is 25.4 Å². The second-order valence-corrected chi connectivity index (χ2v) is 6.96. The topological polar surface area (TPSA) is 95.2 Å². The Hall–Kier alpha value is -1.57. The van der Waals surface area contributed by atoms with E-state index in [9.17, 15) is 9.90 Å². The average molecular weight is 334 g/mol. The number of carbonyl (C=O) groups excluding carboxylic acids is 1. The molecule has 1 fully saturated rings. The van der Waals surface area contributed by atoms with E-state index in [1.165, 1.54) is 11.8 Å². The first-order valence-electron chi connectivity index (χ1n) is 7.87. The van der Waals surface area contributed by atoms with Gasteiger partial charge in [-0.2, -0.15) is 0 Å². The van der Waals surface area contributed by atoms with E-state index in [0.29, 0.717) is 44.6 Å². The summed E-state index contributed by atoms with van der Waals surface area (Å²) in [5.41, 5.74) is 6.72. The Labute approximate surface area is 139 Å². The second kappa shape index (κ2) is 6.90. The number of amides is 1. The highest BCUT2D eigenvalue weighted by Gasteiger charge is 2.32. The molecule has 0 spiro atoms. The van der Waals surface area contributed by atoms with Crippen LogP contribution in [0.5, 0.6) is 0 Å². The minimum atomic E-state index is -0.697. The molecule has 124 valence electrons. The van der Waals surface area contributed by atoms with Crippen LogP contribution in [0.1, 0.15) is 19.3 Å². The van der Waals surface area contributed by atoms with Gasteiger partial charge in [0, 0.05) is 13.1 Å². The summed E-state index contributed by atoms with van der Waals surface area (Å²) in [6.45, 7) is 1.67. The molecule has 0 bridgehead atoms. The van der Waals surface area contributed by atoms with Gasteiger partial charge in [0.2, 0.25) is 5.91 Å². The lowest BCUT2D eigenvalue weighted by atomic mass is 9.88. The number of likely N-dealkylation sites (tertiary alicyclic amines) is 1. The molecule has 4 N–H and O–H groups in total. The fraction of sp³-hybridized carbons (Fsp3) is 0.500. The number of benzene rings is 1. The molecule has 23 heavy (non-hydrogen) atoms. The number of nitrogens with zero attached hydrogens (tertiary/aromatic N) is 2. The van der Waals surface area contributed by atoms with Crippen molar-refractivity contribution in [3.05, 3.63) is 24.3 Å². The fourth-order valence-corrected chi connectivity index (χ4v) is 3.70. The number of carbonyl (C=O) groups is 1. The van der Waals surface area contributed by atoms with Gasteiger partial charge in [-0.05, 0) is 37.9 Å². The first-order valence-corrected chi connectivity index (χ1v) is 8.86. The number of para-hydroxylation sites is 2. The number of thioether (sulfide) groups is 1. The lowest BCUT2D eigenvalue weighted by Crippen LogP contribution is -2.48. The molecule has 6 nitrogen and oxygen atoms in total. The summed E-state index contributed by atoms with van der Waals surface area (Å²) in [4.78, 5) is 21.8. The van der Waals surface area contributed by atoms with Crippen LogP contribution in [0.4, 0.5) is 0 Å². The van der Waals surface area contributed by atoms with Crippen LogP contribution in [0.2, 0.25) is 0 Å². The van der Waals surface area contributed by atoms with Crippen molar-refractivity contribution < 1.29 is 9.90 Å². The van der Waals surface area contributed by atoms with Crippen molar-refractivity contribution in [2.24, 2.45) is 5.73 Å². The first-order chi connectivity index (χ1) is 11.1. The Morgan fingerprint density at radius 1 is 1.39 bits per heavy atom. The van der Waals surface area contributed by atoms with Crippen LogP contribution < -0.4 is 5.73 Å². The van der Waals surface area contributed by atoms with E-state index < -0.39 is 5.60 Å². The molecule has 0 atom stereocenters. The number of fused-ring (bicyclic) bond motifs is 1. The van der Waals surface area contributed by atoms with Crippen LogP contribution in [0, 0.1) is 0 Å². The van der Waals surface area contributed by atoms with Crippen molar-refractivity contribution in [3.8, 4) is 0 Å². The van der Waals surface area contributed by atoms with E-state index in [2.05, 4.69) is 9.97 Å². The molecule has 1 aliphatic rings. The van der Waals surface area contributed by atoms with Crippen molar-refractivity contribution in [3.63, 3.8) is 0 Å². The maximum atomic E-state index is 12.3. The number of piperidine rings is 1. The number of hydrogen-bond donors (Lipinski definition) is 3.